The van der Waals surface area contributed by atoms with E-state index in [1.165, 1.54) is 0 Å². The van der Waals surface area contributed by atoms with Crippen LogP contribution in [0.4, 0.5) is 0 Å². The lowest BCUT2D eigenvalue weighted by atomic mass is 9.90. The van der Waals surface area contributed by atoms with E-state index in [9.17, 15) is 4.79 Å². The molecule has 0 bridgehead atoms. The Bertz CT molecular complexity index is 390. The van der Waals surface area contributed by atoms with Crippen molar-refractivity contribution in [3.8, 4) is 0 Å². The van der Waals surface area contributed by atoms with Crippen molar-refractivity contribution in [2.24, 2.45) is 5.92 Å². The van der Waals surface area contributed by atoms with Crippen molar-refractivity contribution >= 4 is 5.78 Å². The maximum absolute atomic E-state index is 12.3. The third kappa shape index (κ3) is 2.33. The summed E-state index contributed by atoms with van der Waals surface area (Å²) in [6, 6.07) is 6.06. The minimum absolute atomic E-state index is 0.0641. The highest BCUT2D eigenvalue weighted by atomic mass is 16.5. The number of benzene rings is 1. The van der Waals surface area contributed by atoms with Crippen LogP contribution in [0.2, 0.25) is 0 Å². The van der Waals surface area contributed by atoms with Gasteiger partial charge in [0.05, 0.1) is 6.61 Å². The molecule has 2 heteroatoms. The van der Waals surface area contributed by atoms with Gasteiger partial charge in [-0.1, -0.05) is 17.7 Å². The van der Waals surface area contributed by atoms with Crippen LogP contribution in [0, 0.1) is 19.8 Å². The van der Waals surface area contributed by atoms with Gasteiger partial charge in [0.15, 0.2) is 5.78 Å². The first-order valence-electron chi connectivity index (χ1n) is 5.87. The minimum atomic E-state index is 0.0641. The molecule has 1 saturated heterocycles. The molecule has 0 spiro atoms. The molecule has 0 amide bonds. The lowest BCUT2D eigenvalue weighted by Crippen LogP contribution is -2.25. The molecular weight excluding hydrogens is 200 g/mol. The Balaban J connectivity index is 2.22. The fraction of sp³-hybridized carbons (Fsp3) is 0.500. The molecule has 0 radical (unpaired) electrons. The first-order valence-corrected chi connectivity index (χ1v) is 5.87. The van der Waals surface area contributed by atoms with E-state index < -0.39 is 0 Å². The zero-order valence-electron chi connectivity index (χ0n) is 9.95. The number of carbonyl (C=O) groups excluding carboxylic acids is 1. The van der Waals surface area contributed by atoms with Gasteiger partial charge in [-0.25, -0.2) is 0 Å². The Kier molecular flexibility index (Phi) is 3.39. The highest BCUT2D eigenvalue weighted by Crippen LogP contribution is 2.21. The molecule has 1 atom stereocenters. The summed E-state index contributed by atoms with van der Waals surface area (Å²) < 4.78 is 5.37. The standard InChI is InChI=1S/C14H18O2/c1-10-5-6-11(2)13(8-10)14(15)12-4-3-7-16-9-12/h5-6,8,12H,3-4,7,9H2,1-2H3. The van der Waals surface area contributed by atoms with E-state index in [0.29, 0.717) is 6.61 Å². The summed E-state index contributed by atoms with van der Waals surface area (Å²) in [5.74, 6) is 0.315. The molecular formula is C14H18O2. The summed E-state index contributed by atoms with van der Waals surface area (Å²) in [5, 5.41) is 0. The molecule has 1 aromatic rings. The molecule has 1 aliphatic heterocycles. The Morgan fingerprint density at radius 1 is 1.38 bits per heavy atom. The fourth-order valence-electron chi connectivity index (χ4n) is 2.17. The molecule has 16 heavy (non-hydrogen) atoms. The number of ether oxygens (including phenoxy) is 1. The SMILES string of the molecule is Cc1ccc(C)c(C(=O)C2CCCOC2)c1. The van der Waals surface area contributed by atoms with Crippen LogP contribution in [0.3, 0.4) is 0 Å². The average molecular weight is 218 g/mol. The van der Waals surface area contributed by atoms with Crippen molar-refractivity contribution < 1.29 is 9.53 Å². The van der Waals surface area contributed by atoms with Gasteiger partial charge < -0.3 is 4.74 Å². The van der Waals surface area contributed by atoms with Gasteiger partial charge in [0.1, 0.15) is 0 Å². The monoisotopic (exact) mass is 218 g/mol. The van der Waals surface area contributed by atoms with Gasteiger partial charge in [0, 0.05) is 18.1 Å². The largest absolute Gasteiger partial charge is 0.381 e. The van der Waals surface area contributed by atoms with Crippen molar-refractivity contribution in [2.75, 3.05) is 13.2 Å². The van der Waals surface area contributed by atoms with E-state index in [0.717, 1.165) is 36.1 Å². The summed E-state index contributed by atoms with van der Waals surface area (Å²) in [5.41, 5.74) is 3.09. The van der Waals surface area contributed by atoms with Crippen molar-refractivity contribution in [1.82, 2.24) is 0 Å². The van der Waals surface area contributed by atoms with Crippen LogP contribution in [0.25, 0.3) is 0 Å². The number of rotatable bonds is 2. The Labute approximate surface area is 96.6 Å². The molecule has 2 rings (SSSR count). The molecule has 0 N–H and O–H groups in total. The smallest absolute Gasteiger partial charge is 0.168 e. The van der Waals surface area contributed by atoms with Crippen LogP contribution in [0.5, 0.6) is 0 Å². The van der Waals surface area contributed by atoms with E-state index in [2.05, 4.69) is 0 Å². The molecule has 2 nitrogen and oxygen atoms in total. The first kappa shape index (κ1) is 11.3. The predicted octanol–water partition coefficient (Wildman–Crippen LogP) is 2.91. The molecule has 1 aromatic carbocycles. The zero-order chi connectivity index (χ0) is 11.5. The average Bonchev–Trinajstić information content (AvgIpc) is 2.32. The van der Waals surface area contributed by atoms with Crippen molar-refractivity contribution in [1.29, 1.82) is 0 Å². The van der Waals surface area contributed by atoms with E-state index in [1.54, 1.807) is 0 Å². The molecule has 1 unspecified atom stereocenters. The van der Waals surface area contributed by atoms with E-state index in [4.69, 9.17) is 4.74 Å². The number of Topliss-reactive ketones (excluding diaryl/α,β-unsaturated/α-hetero) is 1. The lowest BCUT2D eigenvalue weighted by molar-refractivity contribution is 0.0461. The maximum Gasteiger partial charge on any atom is 0.168 e. The highest BCUT2D eigenvalue weighted by molar-refractivity contribution is 5.99. The number of carbonyl (C=O) groups is 1. The van der Waals surface area contributed by atoms with Crippen LogP contribution in [-0.4, -0.2) is 19.0 Å². The first-order chi connectivity index (χ1) is 7.68. The minimum Gasteiger partial charge on any atom is -0.381 e. The van der Waals surface area contributed by atoms with Gasteiger partial charge in [-0.05, 0) is 38.3 Å². The Morgan fingerprint density at radius 2 is 2.19 bits per heavy atom. The van der Waals surface area contributed by atoms with Crippen LogP contribution >= 0.6 is 0 Å². The summed E-state index contributed by atoms with van der Waals surface area (Å²) in [6.07, 6.45) is 1.97. The third-order valence-electron chi connectivity index (χ3n) is 3.19. The van der Waals surface area contributed by atoms with Gasteiger partial charge in [-0.3, -0.25) is 4.79 Å². The van der Waals surface area contributed by atoms with Crippen LogP contribution < -0.4 is 0 Å². The normalized spacial score (nSPS) is 20.8. The van der Waals surface area contributed by atoms with Gasteiger partial charge in [0.25, 0.3) is 0 Å². The molecule has 1 aliphatic rings. The van der Waals surface area contributed by atoms with Gasteiger partial charge in [-0.15, -0.1) is 0 Å². The second kappa shape index (κ2) is 4.79. The molecule has 0 aliphatic carbocycles. The number of hydrogen-bond acceptors (Lipinski definition) is 2. The van der Waals surface area contributed by atoms with E-state index in [1.807, 2.05) is 32.0 Å². The van der Waals surface area contributed by atoms with Gasteiger partial charge in [0.2, 0.25) is 0 Å². The van der Waals surface area contributed by atoms with Crippen LogP contribution in [-0.2, 0) is 4.74 Å². The number of hydrogen-bond donors (Lipinski definition) is 0. The summed E-state index contributed by atoms with van der Waals surface area (Å²) >= 11 is 0. The zero-order valence-corrected chi connectivity index (χ0v) is 9.95. The molecule has 1 fully saturated rings. The van der Waals surface area contributed by atoms with Gasteiger partial charge in [-0.2, -0.15) is 0 Å². The highest BCUT2D eigenvalue weighted by Gasteiger charge is 2.23. The summed E-state index contributed by atoms with van der Waals surface area (Å²) in [6.45, 7) is 5.41. The maximum atomic E-state index is 12.3. The topological polar surface area (TPSA) is 26.3 Å². The van der Waals surface area contributed by atoms with E-state index >= 15 is 0 Å². The second-order valence-electron chi connectivity index (χ2n) is 4.60. The molecule has 86 valence electrons. The quantitative estimate of drug-likeness (QED) is 0.713. The Morgan fingerprint density at radius 3 is 2.88 bits per heavy atom. The molecule has 1 heterocycles. The predicted molar refractivity (Wildman–Crippen MR) is 63.8 cm³/mol. The van der Waals surface area contributed by atoms with Crippen LogP contribution in [0.15, 0.2) is 18.2 Å². The van der Waals surface area contributed by atoms with Crippen LogP contribution in [0.1, 0.15) is 34.3 Å². The Hall–Kier alpha value is -1.15. The van der Waals surface area contributed by atoms with Crippen molar-refractivity contribution in [3.63, 3.8) is 0 Å². The molecule has 0 aromatic heterocycles. The third-order valence-corrected chi connectivity index (χ3v) is 3.19. The van der Waals surface area contributed by atoms with E-state index in [-0.39, 0.29) is 11.7 Å². The fourth-order valence-corrected chi connectivity index (χ4v) is 2.17. The van der Waals surface area contributed by atoms with Crippen molar-refractivity contribution in [2.45, 2.75) is 26.7 Å². The number of aryl methyl sites for hydroxylation is 2. The van der Waals surface area contributed by atoms with Gasteiger partial charge >= 0.3 is 0 Å². The molecule has 0 saturated carbocycles. The summed E-state index contributed by atoms with van der Waals surface area (Å²) in [4.78, 5) is 12.3. The van der Waals surface area contributed by atoms with Crippen molar-refractivity contribution in [3.05, 3.63) is 34.9 Å². The summed E-state index contributed by atoms with van der Waals surface area (Å²) in [7, 11) is 0. The number of ketones is 1. The second-order valence-corrected chi connectivity index (χ2v) is 4.60. The lowest BCUT2D eigenvalue weighted by Gasteiger charge is -2.21.